The molecule has 9 heteroatoms. The quantitative estimate of drug-likeness (QED) is 0.663. The fourth-order valence-corrected chi connectivity index (χ4v) is 3.00. The molecule has 0 atom stereocenters. The Morgan fingerprint density at radius 3 is 2.43 bits per heavy atom. The van der Waals surface area contributed by atoms with E-state index in [9.17, 15) is 0 Å². The summed E-state index contributed by atoms with van der Waals surface area (Å²) in [5.74, 6) is 2.44. The number of methoxy groups -OCH3 is 2. The molecule has 1 saturated heterocycles. The van der Waals surface area contributed by atoms with Crippen molar-refractivity contribution in [3.63, 3.8) is 0 Å². The number of hydrogen-bond acceptors (Lipinski definition) is 8. The maximum atomic E-state index is 8.72. The first kappa shape index (κ1) is 21.1. The van der Waals surface area contributed by atoms with E-state index in [4.69, 9.17) is 14.7 Å². The van der Waals surface area contributed by atoms with Gasteiger partial charge in [0.05, 0.1) is 32.3 Å². The lowest BCUT2D eigenvalue weighted by atomic mass is 10.1. The lowest BCUT2D eigenvalue weighted by Gasteiger charge is -2.08. The fraction of sp³-hybridized carbons (Fsp3) is 0.333. The van der Waals surface area contributed by atoms with Crippen molar-refractivity contribution in [3.8, 4) is 28.8 Å². The molecule has 1 fully saturated rings. The summed E-state index contributed by atoms with van der Waals surface area (Å²) in [4.78, 5) is 10.4. The third-order valence-electron chi connectivity index (χ3n) is 4.63. The molecule has 0 bridgehead atoms. The molecule has 0 unspecified atom stereocenters. The number of ether oxygens (including phenoxy) is 2. The highest BCUT2D eigenvalue weighted by Crippen LogP contribution is 2.33. The molecule has 4 rings (SSSR count). The topological polar surface area (TPSA) is 112 Å². The molecule has 1 aliphatic heterocycles. The van der Waals surface area contributed by atoms with Crippen LogP contribution in [-0.4, -0.2) is 59.4 Å². The molecule has 0 aliphatic carbocycles. The Balaban J connectivity index is 0.000000367. The second kappa shape index (κ2) is 10.2. The third-order valence-corrected chi connectivity index (χ3v) is 4.63. The molecule has 1 aromatic carbocycles. The fourth-order valence-electron chi connectivity index (χ4n) is 3.00. The minimum Gasteiger partial charge on any atom is -0.497 e. The van der Waals surface area contributed by atoms with Crippen molar-refractivity contribution < 1.29 is 9.47 Å². The van der Waals surface area contributed by atoms with Gasteiger partial charge in [-0.05, 0) is 45.1 Å². The number of aromatic amines is 1. The average molecular weight is 407 g/mol. The zero-order chi connectivity index (χ0) is 21.3. The molecule has 30 heavy (non-hydrogen) atoms. The second-order valence-corrected chi connectivity index (χ2v) is 6.77. The maximum Gasteiger partial charge on any atom is 0.158 e. The van der Waals surface area contributed by atoms with Gasteiger partial charge < -0.3 is 19.7 Å². The van der Waals surface area contributed by atoms with E-state index in [0.717, 1.165) is 11.3 Å². The highest BCUT2D eigenvalue weighted by atomic mass is 16.5. The van der Waals surface area contributed by atoms with E-state index in [-0.39, 0.29) is 5.69 Å². The highest BCUT2D eigenvalue weighted by molar-refractivity contribution is 5.71. The molecule has 156 valence electrons. The van der Waals surface area contributed by atoms with Crippen LogP contribution in [0.4, 0.5) is 11.6 Å². The third kappa shape index (κ3) is 5.46. The van der Waals surface area contributed by atoms with Gasteiger partial charge in [-0.25, -0.2) is 9.97 Å². The van der Waals surface area contributed by atoms with Gasteiger partial charge in [0.2, 0.25) is 0 Å². The van der Waals surface area contributed by atoms with Crippen molar-refractivity contribution in [2.75, 3.05) is 39.7 Å². The van der Waals surface area contributed by atoms with E-state index in [0.29, 0.717) is 23.1 Å². The molecule has 0 amide bonds. The van der Waals surface area contributed by atoms with Crippen molar-refractivity contribution in [2.24, 2.45) is 0 Å². The number of hydrogen-bond donors (Lipinski definition) is 2. The largest absolute Gasteiger partial charge is 0.497 e. The Hall–Kier alpha value is -3.64. The van der Waals surface area contributed by atoms with Crippen LogP contribution >= 0.6 is 0 Å². The summed E-state index contributed by atoms with van der Waals surface area (Å²) >= 11 is 0. The van der Waals surface area contributed by atoms with Crippen LogP contribution in [0.25, 0.3) is 11.3 Å². The van der Waals surface area contributed by atoms with E-state index in [1.807, 2.05) is 24.3 Å². The van der Waals surface area contributed by atoms with Gasteiger partial charge in [0.1, 0.15) is 23.4 Å². The number of nitrogens with zero attached hydrogens (tertiary/aromatic N) is 5. The van der Waals surface area contributed by atoms with Crippen LogP contribution in [0.1, 0.15) is 18.5 Å². The number of nitrogens with one attached hydrogen (secondary N) is 2. The Kier molecular flexibility index (Phi) is 7.19. The van der Waals surface area contributed by atoms with E-state index in [1.54, 1.807) is 20.3 Å². The Morgan fingerprint density at radius 2 is 1.87 bits per heavy atom. The predicted molar refractivity (Wildman–Crippen MR) is 114 cm³/mol. The number of benzene rings is 1. The van der Waals surface area contributed by atoms with Crippen LogP contribution in [0.3, 0.4) is 0 Å². The normalized spacial score (nSPS) is 13.1. The van der Waals surface area contributed by atoms with E-state index in [2.05, 4.69) is 37.4 Å². The van der Waals surface area contributed by atoms with Gasteiger partial charge in [-0.1, -0.05) is 0 Å². The smallest absolute Gasteiger partial charge is 0.158 e. The molecular weight excluding hydrogens is 382 g/mol. The number of aromatic nitrogens is 4. The molecule has 3 aromatic rings. The first-order valence-corrected chi connectivity index (χ1v) is 9.58. The first-order chi connectivity index (χ1) is 14.6. The summed E-state index contributed by atoms with van der Waals surface area (Å²) in [5, 5.41) is 18.9. The molecule has 9 nitrogen and oxygen atoms in total. The number of likely N-dealkylation sites (tertiary alicyclic amines) is 1. The summed E-state index contributed by atoms with van der Waals surface area (Å²) in [5.41, 5.74) is 1.88. The Morgan fingerprint density at radius 1 is 1.07 bits per heavy atom. The van der Waals surface area contributed by atoms with Gasteiger partial charge >= 0.3 is 0 Å². The molecule has 2 aromatic heterocycles. The summed E-state index contributed by atoms with van der Waals surface area (Å²) in [6.07, 6.45) is 5.69. The van der Waals surface area contributed by atoms with Crippen LogP contribution in [0.5, 0.6) is 11.5 Å². The van der Waals surface area contributed by atoms with Gasteiger partial charge in [0.25, 0.3) is 0 Å². The van der Waals surface area contributed by atoms with Crippen molar-refractivity contribution in [3.05, 3.63) is 42.4 Å². The van der Waals surface area contributed by atoms with Crippen molar-refractivity contribution in [2.45, 2.75) is 12.8 Å². The molecule has 1 aliphatic rings. The van der Waals surface area contributed by atoms with Gasteiger partial charge in [-0.3, -0.25) is 5.10 Å². The van der Waals surface area contributed by atoms with Crippen LogP contribution in [0.15, 0.2) is 36.7 Å². The molecule has 0 spiro atoms. The van der Waals surface area contributed by atoms with Crippen molar-refractivity contribution in [1.82, 2.24) is 25.1 Å². The molecular formula is C21H25N7O2. The average Bonchev–Trinajstić information content (AvgIpc) is 3.46. The summed E-state index contributed by atoms with van der Waals surface area (Å²) < 4.78 is 10.6. The zero-order valence-electron chi connectivity index (χ0n) is 17.3. The van der Waals surface area contributed by atoms with Gasteiger partial charge in [0.15, 0.2) is 11.5 Å². The zero-order valence-corrected chi connectivity index (χ0v) is 17.3. The van der Waals surface area contributed by atoms with Crippen molar-refractivity contribution in [1.29, 1.82) is 5.26 Å². The minimum atomic E-state index is 0.256. The van der Waals surface area contributed by atoms with E-state index >= 15 is 0 Å². The van der Waals surface area contributed by atoms with Crippen LogP contribution in [-0.2, 0) is 0 Å². The predicted octanol–water partition coefficient (Wildman–Crippen LogP) is 3.21. The maximum absolute atomic E-state index is 8.72. The van der Waals surface area contributed by atoms with Crippen LogP contribution in [0, 0.1) is 11.3 Å². The highest BCUT2D eigenvalue weighted by Gasteiger charge is 2.11. The van der Waals surface area contributed by atoms with E-state index < -0.39 is 0 Å². The first-order valence-electron chi connectivity index (χ1n) is 9.58. The number of rotatable bonds is 5. The minimum absolute atomic E-state index is 0.256. The van der Waals surface area contributed by atoms with E-state index in [1.165, 1.54) is 38.3 Å². The number of nitriles is 1. The molecule has 2 N–H and O–H groups in total. The Bertz CT molecular complexity index is 989. The lowest BCUT2D eigenvalue weighted by molar-refractivity contribution is 0.395. The molecule has 3 heterocycles. The van der Waals surface area contributed by atoms with Crippen LogP contribution < -0.4 is 14.8 Å². The van der Waals surface area contributed by atoms with Crippen LogP contribution in [0.2, 0.25) is 0 Å². The molecule has 0 saturated carbocycles. The second-order valence-electron chi connectivity index (χ2n) is 6.77. The monoisotopic (exact) mass is 407 g/mol. The number of anilines is 2. The van der Waals surface area contributed by atoms with Gasteiger partial charge in [-0.15, -0.1) is 0 Å². The standard InChI is InChI=1S/C16H14N6O2.C5H11N/c1-23-11-3-4-12(14(5-11)24-2)13-6-15(22-21-13)20-16-9-18-10(7-17)8-19-16;1-6-4-2-3-5-6/h3-6,8-9H,1-2H3,(H2,19,20,21,22);2-5H2,1H3. The SMILES string of the molecule is CN1CCCC1.COc1ccc(-c2cc(Nc3cnc(C#N)cn3)n[nH]2)c(OC)c1. The lowest BCUT2D eigenvalue weighted by Crippen LogP contribution is -2.10. The summed E-state index contributed by atoms with van der Waals surface area (Å²) in [6, 6.07) is 9.27. The molecule has 0 radical (unpaired) electrons. The van der Waals surface area contributed by atoms with Gasteiger partial charge in [-0.2, -0.15) is 10.4 Å². The Labute approximate surface area is 175 Å². The van der Waals surface area contributed by atoms with Crippen molar-refractivity contribution >= 4 is 11.6 Å². The summed E-state index contributed by atoms with van der Waals surface area (Å²) in [7, 11) is 5.37. The number of H-pyrrole nitrogens is 1. The summed E-state index contributed by atoms with van der Waals surface area (Å²) in [6.45, 7) is 2.64. The van der Waals surface area contributed by atoms with Gasteiger partial charge in [0, 0.05) is 17.7 Å².